The van der Waals surface area contributed by atoms with Gasteiger partial charge in [0.25, 0.3) is 0 Å². The minimum Gasteiger partial charge on any atom is -0.292 e. The fourth-order valence-corrected chi connectivity index (χ4v) is 2.95. The average molecular weight is 245 g/mol. The molecule has 18 heavy (non-hydrogen) atoms. The summed E-state index contributed by atoms with van der Waals surface area (Å²) >= 11 is 0. The van der Waals surface area contributed by atoms with E-state index in [2.05, 4.69) is 18.7 Å². The predicted octanol–water partition coefficient (Wildman–Crippen LogP) is 3.52. The lowest BCUT2D eigenvalue weighted by atomic mass is 9.95. The van der Waals surface area contributed by atoms with Gasteiger partial charge in [0.2, 0.25) is 0 Å². The Morgan fingerprint density at radius 2 is 2.06 bits per heavy atom. The molecule has 1 aromatic carbocycles. The number of benzene rings is 1. The van der Waals surface area contributed by atoms with Crippen LogP contribution in [0.5, 0.6) is 0 Å². The lowest BCUT2D eigenvalue weighted by Gasteiger charge is -2.38. The van der Waals surface area contributed by atoms with E-state index in [1.807, 2.05) is 30.3 Å². The number of likely N-dealkylation sites (tertiary alicyclic amines) is 1. The Labute approximate surface area is 110 Å². The van der Waals surface area contributed by atoms with Crippen molar-refractivity contribution >= 4 is 5.78 Å². The number of hydrogen-bond acceptors (Lipinski definition) is 2. The minimum atomic E-state index is 0.0581. The normalized spacial score (nSPS) is 22.7. The van der Waals surface area contributed by atoms with Gasteiger partial charge in [-0.2, -0.15) is 0 Å². The van der Waals surface area contributed by atoms with Crippen LogP contribution < -0.4 is 0 Å². The first kappa shape index (κ1) is 13.3. The molecule has 0 N–H and O–H groups in total. The van der Waals surface area contributed by atoms with Crippen molar-refractivity contribution in [1.29, 1.82) is 0 Å². The first-order chi connectivity index (χ1) is 8.74. The zero-order valence-corrected chi connectivity index (χ0v) is 11.4. The van der Waals surface area contributed by atoms with Gasteiger partial charge in [0, 0.05) is 11.6 Å². The molecule has 1 aromatic rings. The summed E-state index contributed by atoms with van der Waals surface area (Å²) in [5.41, 5.74) is 0.849. The maximum atomic E-state index is 12.6. The smallest absolute Gasteiger partial charge is 0.179 e. The summed E-state index contributed by atoms with van der Waals surface area (Å²) in [6, 6.07) is 10.3. The summed E-state index contributed by atoms with van der Waals surface area (Å²) in [7, 11) is 0. The Bertz CT molecular complexity index is 387. The van der Waals surface area contributed by atoms with Gasteiger partial charge in [0.05, 0.1) is 6.04 Å². The lowest BCUT2D eigenvalue weighted by Crippen LogP contribution is -2.48. The maximum Gasteiger partial charge on any atom is 0.179 e. The van der Waals surface area contributed by atoms with Crippen molar-refractivity contribution in [2.75, 3.05) is 6.54 Å². The molecule has 0 amide bonds. The Hall–Kier alpha value is -1.15. The van der Waals surface area contributed by atoms with Gasteiger partial charge in [-0.1, -0.05) is 43.7 Å². The average Bonchev–Trinajstić information content (AvgIpc) is 2.42. The van der Waals surface area contributed by atoms with Gasteiger partial charge >= 0.3 is 0 Å². The maximum absolute atomic E-state index is 12.6. The molecule has 0 bridgehead atoms. The van der Waals surface area contributed by atoms with Crippen molar-refractivity contribution in [3.63, 3.8) is 0 Å². The highest BCUT2D eigenvalue weighted by atomic mass is 16.1. The number of carbonyl (C=O) groups is 1. The summed E-state index contributed by atoms with van der Waals surface area (Å²) in [6.45, 7) is 5.44. The van der Waals surface area contributed by atoms with Gasteiger partial charge in [-0.25, -0.2) is 0 Å². The third-order valence-corrected chi connectivity index (χ3v) is 4.00. The molecule has 1 aliphatic heterocycles. The Balaban J connectivity index is 2.15. The summed E-state index contributed by atoms with van der Waals surface area (Å²) < 4.78 is 0. The standard InChI is InChI=1S/C16H23NO/c1-3-15(17-12-8-7-9-13(17)2)16(18)14-10-5-4-6-11-14/h4-6,10-11,13,15H,3,7-9,12H2,1-2H3. The number of ketones is 1. The number of nitrogens with zero attached hydrogens (tertiary/aromatic N) is 1. The second-order valence-electron chi connectivity index (χ2n) is 5.24. The number of rotatable bonds is 4. The second-order valence-corrected chi connectivity index (χ2v) is 5.24. The van der Waals surface area contributed by atoms with E-state index in [-0.39, 0.29) is 11.8 Å². The summed E-state index contributed by atoms with van der Waals surface area (Å²) in [5, 5.41) is 0. The van der Waals surface area contributed by atoms with Crippen molar-refractivity contribution in [3.8, 4) is 0 Å². The summed E-state index contributed by atoms with van der Waals surface area (Å²) in [6.07, 6.45) is 4.65. The zero-order chi connectivity index (χ0) is 13.0. The monoisotopic (exact) mass is 245 g/mol. The van der Waals surface area contributed by atoms with E-state index in [1.54, 1.807) is 0 Å². The molecule has 1 fully saturated rings. The van der Waals surface area contributed by atoms with E-state index in [0.29, 0.717) is 6.04 Å². The molecular weight excluding hydrogens is 222 g/mol. The summed E-state index contributed by atoms with van der Waals surface area (Å²) in [5.74, 6) is 0.284. The second kappa shape index (κ2) is 6.14. The molecule has 1 aliphatic rings. The summed E-state index contributed by atoms with van der Waals surface area (Å²) in [4.78, 5) is 15.0. The molecule has 2 heteroatoms. The first-order valence-electron chi connectivity index (χ1n) is 7.09. The largest absolute Gasteiger partial charge is 0.292 e. The van der Waals surface area contributed by atoms with Crippen LogP contribution in [0.15, 0.2) is 30.3 Å². The van der Waals surface area contributed by atoms with Crippen LogP contribution in [0.2, 0.25) is 0 Å². The predicted molar refractivity (Wildman–Crippen MR) is 74.9 cm³/mol. The molecular formula is C16H23NO. The van der Waals surface area contributed by atoms with Crippen molar-refractivity contribution in [2.45, 2.75) is 51.6 Å². The van der Waals surface area contributed by atoms with Crippen LogP contribution in [0, 0.1) is 0 Å². The van der Waals surface area contributed by atoms with Crippen molar-refractivity contribution in [2.24, 2.45) is 0 Å². The topological polar surface area (TPSA) is 20.3 Å². The van der Waals surface area contributed by atoms with Crippen LogP contribution in [-0.4, -0.2) is 29.3 Å². The Morgan fingerprint density at radius 1 is 1.33 bits per heavy atom. The van der Waals surface area contributed by atoms with Crippen molar-refractivity contribution < 1.29 is 4.79 Å². The van der Waals surface area contributed by atoms with Crippen molar-refractivity contribution in [3.05, 3.63) is 35.9 Å². The van der Waals surface area contributed by atoms with Crippen LogP contribution in [0.1, 0.15) is 49.9 Å². The molecule has 1 heterocycles. The van der Waals surface area contributed by atoms with E-state index in [1.165, 1.54) is 19.3 Å². The zero-order valence-electron chi connectivity index (χ0n) is 11.4. The van der Waals surface area contributed by atoms with Gasteiger partial charge in [0.1, 0.15) is 0 Å². The van der Waals surface area contributed by atoms with Crippen LogP contribution in [0.3, 0.4) is 0 Å². The molecule has 2 unspecified atom stereocenters. The first-order valence-corrected chi connectivity index (χ1v) is 7.09. The highest BCUT2D eigenvalue weighted by molar-refractivity contribution is 6.00. The number of hydrogen-bond donors (Lipinski definition) is 0. The van der Waals surface area contributed by atoms with E-state index in [4.69, 9.17) is 0 Å². The quantitative estimate of drug-likeness (QED) is 0.756. The number of piperidine rings is 1. The molecule has 2 atom stereocenters. The highest BCUT2D eigenvalue weighted by Gasteiger charge is 2.30. The van der Waals surface area contributed by atoms with Gasteiger partial charge in [0.15, 0.2) is 5.78 Å². The van der Waals surface area contributed by atoms with Crippen LogP contribution >= 0.6 is 0 Å². The third kappa shape index (κ3) is 2.81. The minimum absolute atomic E-state index is 0.0581. The van der Waals surface area contributed by atoms with E-state index < -0.39 is 0 Å². The molecule has 2 rings (SSSR count). The van der Waals surface area contributed by atoms with E-state index in [0.717, 1.165) is 18.5 Å². The van der Waals surface area contributed by atoms with Gasteiger partial charge in [-0.3, -0.25) is 9.69 Å². The molecule has 0 aromatic heterocycles. The number of Topliss-reactive ketones (excluding diaryl/α,β-unsaturated/α-hetero) is 1. The van der Waals surface area contributed by atoms with Crippen LogP contribution in [0.25, 0.3) is 0 Å². The Kier molecular flexibility index (Phi) is 4.54. The van der Waals surface area contributed by atoms with Gasteiger partial charge in [-0.05, 0) is 32.7 Å². The molecule has 0 spiro atoms. The SMILES string of the molecule is CCC(C(=O)c1ccccc1)N1CCCCC1C. The fourth-order valence-electron chi connectivity index (χ4n) is 2.95. The Morgan fingerprint density at radius 3 is 2.67 bits per heavy atom. The molecule has 1 saturated heterocycles. The van der Waals surface area contributed by atoms with E-state index in [9.17, 15) is 4.79 Å². The van der Waals surface area contributed by atoms with Gasteiger partial charge < -0.3 is 0 Å². The fraction of sp³-hybridized carbons (Fsp3) is 0.562. The van der Waals surface area contributed by atoms with E-state index >= 15 is 0 Å². The van der Waals surface area contributed by atoms with Crippen molar-refractivity contribution in [1.82, 2.24) is 4.90 Å². The lowest BCUT2D eigenvalue weighted by molar-refractivity contribution is 0.0655. The molecule has 0 radical (unpaired) electrons. The molecule has 98 valence electrons. The van der Waals surface area contributed by atoms with Crippen LogP contribution in [0.4, 0.5) is 0 Å². The van der Waals surface area contributed by atoms with Gasteiger partial charge in [-0.15, -0.1) is 0 Å². The van der Waals surface area contributed by atoms with Crippen LogP contribution in [-0.2, 0) is 0 Å². The molecule has 0 saturated carbocycles. The molecule has 2 nitrogen and oxygen atoms in total. The third-order valence-electron chi connectivity index (χ3n) is 4.00. The highest BCUT2D eigenvalue weighted by Crippen LogP contribution is 2.22. The molecule has 0 aliphatic carbocycles. The number of carbonyl (C=O) groups excluding carboxylic acids is 1.